The van der Waals surface area contributed by atoms with Crippen LogP contribution < -0.4 is 10.2 Å². The summed E-state index contributed by atoms with van der Waals surface area (Å²) in [5, 5.41) is 25.0. The van der Waals surface area contributed by atoms with Crippen molar-refractivity contribution in [1.29, 1.82) is 0 Å². The van der Waals surface area contributed by atoms with Crippen LogP contribution in [0, 0.1) is 5.82 Å². The minimum atomic E-state index is -0.659. The van der Waals surface area contributed by atoms with Crippen LogP contribution >= 0.6 is 23.2 Å². The molecule has 2 bridgehead atoms. The SMILES string of the molecule is Oc1cc(Cl)c(C2CC2)c(-c2c(Cl)cc3c(N4CC5CCC(C4)N5)nc(O)nc3c2F)c1. The number of fused-ring (bicyclic) bond motifs is 3. The number of benzene rings is 2. The van der Waals surface area contributed by atoms with Crippen LogP contribution in [0.2, 0.25) is 10.0 Å². The number of aromatic nitrogens is 2. The zero-order valence-electron chi connectivity index (χ0n) is 17.1. The van der Waals surface area contributed by atoms with Gasteiger partial charge in [-0.05, 0) is 60.9 Å². The molecule has 1 saturated carbocycles. The monoisotopic (exact) mass is 474 g/mol. The molecule has 2 atom stereocenters. The second-order valence-electron chi connectivity index (χ2n) is 9.00. The molecule has 3 fully saturated rings. The van der Waals surface area contributed by atoms with E-state index < -0.39 is 11.8 Å². The van der Waals surface area contributed by atoms with Crippen molar-refractivity contribution in [2.45, 2.75) is 43.7 Å². The van der Waals surface area contributed by atoms with Crippen molar-refractivity contribution in [2.24, 2.45) is 0 Å². The van der Waals surface area contributed by atoms with E-state index in [9.17, 15) is 10.2 Å². The first kappa shape index (κ1) is 20.3. The van der Waals surface area contributed by atoms with Crippen LogP contribution in [-0.2, 0) is 0 Å². The zero-order chi connectivity index (χ0) is 22.1. The van der Waals surface area contributed by atoms with Gasteiger partial charge in [0.1, 0.15) is 17.1 Å². The predicted molar refractivity (Wildman–Crippen MR) is 122 cm³/mol. The minimum absolute atomic E-state index is 0.000933. The molecule has 2 aromatic carbocycles. The maximum Gasteiger partial charge on any atom is 0.316 e. The van der Waals surface area contributed by atoms with Crippen LogP contribution in [0.1, 0.15) is 37.2 Å². The van der Waals surface area contributed by atoms with E-state index in [2.05, 4.69) is 20.2 Å². The maximum atomic E-state index is 16.0. The number of halogens is 3. The highest BCUT2D eigenvalue weighted by Crippen LogP contribution is 2.51. The number of piperazine rings is 1. The number of nitrogens with zero attached hydrogens (tertiary/aromatic N) is 3. The van der Waals surface area contributed by atoms with Gasteiger partial charge in [-0.25, -0.2) is 4.39 Å². The molecular weight excluding hydrogens is 454 g/mol. The molecular formula is C23H21Cl2FN4O2. The molecule has 3 aromatic rings. The van der Waals surface area contributed by atoms with Gasteiger partial charge in [0, 0.05) is 41.1 Å². The van der Waals surface area contributed by atoms with Gasteiger partial charge in [0.25, 0.3) is 0 Å². The average molecular weight is 475 g/mol. The fourth-order valence-corrected chi connectivity index (χ4v) is 5.89. The van der Waals surface area contributed by atoms with Gasteiger partial charge in [-0.1, -0.05) is 23.2 Å². The van der Waals surface area contributed by atoms with Crippen LogP contribution in [0.4, 0.5) is 10.2 Å². The van der Waals surface area contributed by atoms with Gasteiger partial charge < -0.3 is 20.4 Å². The Kier molecular flexibility index (Phi) is 4.65. The number of hydrogen-bond acceptors (Lipinski definition) is 6. The molecule has 3 N–H and O–H groups in total. The van der Waals surface area contributed by atoms with E-state index in [-0.39, 0.29) is 27.8 Å². The second-order valence-corrected chi connectivity index (χ2v) is 9.81. The average Bonchev–Trinajstić information content (AvgIpc) is 3.51. The van der Waals surface area contributed by atoms with Crippen molar-refractivity contribution in [3.63, 3.8) is 0 Å². The Morgan fingerprint density at radius 3 is 2.38 bits per heavy atom. The summed E-state index contributed by atoms with van der Waals surface area (Å²) in [6.45, 7) is 1.44. The second kappa shape index (κ2) is 7.33. The van der Waals surface area contributed by atoms with Gasteiger partial charge in [0.15, 0.2) is 5.82 Å². The zero-order valence-corrected chi connectivity index (χ0v) is 18.6. The van der Waals surface area contributed by atoms with E-state index in [1.807, 2.05) is 0 Å². The highest BCUT2D eigenvalue weighted by molar-refractivity contribution is 6.35. The van der Waals surface area contributed by atoms with Crippen molar-refractivity contribution < 1.29 is 14.6 Å². The summed E-state index contributed by atoms with van der Waals surface area (Å²) in [4.78, 5) is 10.3. The molecule has 6 rings (SSSR count). The largest absolute Gasteiger partial charge is 0.508 e. The first-order valence-electron chi connectivity index (χ1n) is 10.8. The summed E-state index contributed by atoms with van der Waals surface area (Å²) >= 11 is 13.1. The molecule has 0 amide bonds. The maximum absolute atomic E-state index is 16.0. The van der Waals surface area contributed by atoms with Gasteiger partial charge in [-0.3, -0.25) is 0 Å². The summed E-state index contributed by atoms with van der Waals surface area (Å²) in [6.07, 6.45) is 4.06. The van der Waals surface area contributed by atoms with Gasteiger partial charge in [-0.2, -0.15) is 9.97 Å². The Morgan fingerprint density at radius 2 is 1.69 bits per heavy atom. The lowest BCUT2D eigenvalue weighted by molar-refractivity contribution is 0.427. The first-order chi connectivity index (χ1) is 15.4. The van der Waals surface area contributed by atoms with Crippen LogP contribution in [-0.4, -0.2) is 45.4 Å². The van der Waals surface area contributed by atoms with Crippen LogP contribution in [0.5, 0.6) is 11.8 Å². The van der Waals surface area contributed by atoms with E-state index >= 15 is 4.39 Å². The molecule has 9 heteroatoms. The molecule has 0 radical (unpaired) electrons. The van der Waals surface area contributed by atoms with E-state index in [0.29, 0.717) is 33.9 Å². The van der Waals surface area contributed by atoms with Crippen LogP contribution in [0.15, 0.2) is 18.2 Å². The molecule has 1 aromatic heterocycles. The lowest BCUT2D eigenvalue weighted by atomic mass is 9.94. The number of nitrogens with one attached hydrogen (secondary N) is 1. The van der Waals surface area contributed by atoms with Gasteiger partial charge in [-0.15, -0.1) is 0 Å². The summed E-state index contributed by atoms with van der Waals surface area (Å²) < 4.78 is 16.0. The molecule has 3 aliphatic rings. The van der Waals surface area contributed by atoms with Crippen molar-refractivity contribution in [3.05, 3.63) is 39.6 Å². The Balaban J connectivity index is 1.56. The highest BCUT2D eigenvalue weighted by atomic mass is 35.5. The third-order valence-corrected chi connectivity index (χ3v) is 7.35. The van der Waals surface area contributed by atoms with Crippen molar-refractivity contribution in [1.82, 2.24) is 15.3 Å². The Labute approximate surface area is 194 Å². The van der Waals surface area contributed by atoms with Gasteiger partial charge >= 0.3 is 6.01 Å². The molecule has 6 nitrogen and oxygen atoms in total. The Morgan fingerprint density at radius 1 is 0.969 bits per heavy atom. The Bertz CT molecular complexity index is 1250. The van der Waals surface area contributed by atoms with Crippen molar-refractivity contribution in [3.8, 4) is 22.9 Å². The predicted octanol–water partition coefficient (Wildman–Crippen LogP) is 4.97. The smallest absolute Gasteiger partial charge is 0.316 e. The number of rotatable bonds is 3. The number of aromatic hydroxyl groups is 2. The fourth-order valence-electron chi connectivity index (χ4n) is 5.22. The standard InChI is InChI=1S/C23H21Cl2FN4O2/c24-16-6-13(31)5-14(18(16)10-1-2-10)19-17(25)7-15-21(20(19)26)28-23(32)29-22(15)30-8-11-3-4-12(9-30)27-11/h5-7,10-12,27,31H,1-4,8-9H2,(H,28,29,32). The molecule has 166 valence electrons. The molecule has 32 heavy (non-hydrogen) atoms. The summed E-state index contributed by atoms with van der Waals surface area (Å²) in [5.74, 6) is -0.0369. The van der Waals surface area contributed by atoms with Crippen molar-refractivity contribution >= 4 is 39.9 Å². The van der Waals surface area contributed by atoms with E-state index in [1.54, 1.807) is 6.07 Å². The number of hydrogen-bond donors (Lipinski definition) is 3. The molecule has 2 aliphatic heterocycles. The number of anilines is 1. The summed E-state index contributed by atoms with van der Waals surface area (Å²) in [6, 6.07) is 4.82. The molecule has 2 unspecified atom stereocenters. The lowest BCUT2D eigenvalue weighted by Crippen LogP contribution is -2.51. The third-order valence-electron chi connectivity index (χ3n) is 6.74. The molecule has 3 heterocycles. The quantitative estimate of drug-likeness (QED) is 0.496. The topological polar surface area (TPSA) is 81.5 Å². The van der Waals surface area contributed by atoms with Crippen LogP contribution in [0.25, 0.3) is 22.0 Å². The van der Waals surface area contributed by atoms with E-state index in [1.165, 1.54) is 12.1 Å². The minimum Gasteiger partial charge on any atom is -0.508 e. The summed E-state index contributed by atoms with van der Waals surface area (Å²) in [7, 11) is 0. The molecule has 2 saturated heterocycles. The van der Waals surface area contributed by atoms with E-state index in [4.69, 9.17) is 23.2 Å². The van der Waals surface area contributed by atoms with Gasteiger partial charge in [0.05, 0.1) is 5.02 Å². The summed E-state index contributed by atoms with van der Waals surface area (Å²) in [5.41, 5.74) is 1.37. The number of phenolic OH excluding ortho intramolecular Hbond substituents is 1. The Hall–Kier alpha value is -2.35. The fraction of sp³-hybridized carbons (Fsp3) is 0.391. The lowest BCUT2D eigenvalue weighted by Gasteiger charge is -2.34. The molecule has 1 aliphatic carbocycles. The molecule has 0 spiro atoms. The first-order valence-corrected chi connectivity index (χ1v) is 11.6. The normalized spacial score (nSPS) is 22.7. The number of phenols is 1. The highest BCUT2D eigenvalue weighted by Gasteiger charge is 2.35. The van der Waals surface area contributed by atoms with Gasteiger partial charge in [0.2, 0.25) is 0 Å². The van der Waals surface area contributed by atoms with E-state index in [0.717, 1.165) is 44.3 Å². The third kappa shape index (κ3) is 3.26. The van der Waals surface area contributed by atoms with Crippen molar-refractivity contribution in [2.75, 3.05) is 18.0 Å². The van der Waals surface area contributed by atoms with Crippen LogP contribution in [0.3, 0.4) is 0 Å².